The van der Waals surface area contributed by atoms with Crippen molar-refractivity contribution in [3.8, 4) is 0 Å². The second-order valence-corrected chi connectivity index (χ2v) is 5.91. The lowest BCUT2D eigenvalue weighted by molar-refractivity contribution is -0.186. The van der Waals surface area contributed by atoms with Gasteiger partial charge in [0.25, 0.3) is 0 Å². The highest BCUT2D eigenvalue weighted by Crippen LogP contribution is 2.07. The molecule has 0 spiro atoms. The van der Waals surface area contributed by atoms with Gasteiger partial charge in [0, 0.05) is 6.92 Å². The molecule has 0 radical (unpaired) electrons. The van der Waals surface area contributed by atoms with Crippen molar-refractivity contribution in [2.24, 2.45) is 0 Å². The summed E-state index contributed by atoms with van der Waals surface area (Å²) in [6, 6.07) is 0. The Hall–Kier alpha value is -3.18. The molecule has 0 fully saturated rings. The van der Waals surface area contributed by atoms with Crippen LogP contribution in [-0.2, 0) is 52.5 Å². The highest BCUT2D eigenvalue weighted by atomic mass is 16.6. The van der Waals surface area contributed by atoms with Crippen molar-refractivity contribution in [2.75, 3.05) is 0 Å². The largest absolute Gasteiger partial charge is 0.479 e. The number of carbonyl (C=O) groups is 6. The summed E-state index contributed by atoms with van der Waals surface area (Å²) in [4.78, 5) is 68.6. The van der Waals surface area contributed by atoms with Gasteiger partial charge in [-0.25, -0.2) is 24.0 Å². The van der Waals surface area contributed by atoms with Gasteiger partial charge in [-0.05, 0) is 34.6 Å². The van der Waals surface area contributed by atoms with Crippen LogP contribution in [0.3, 0.4) is 0 Å². The van der Waals surface area contributed by atoms with Gasteiger partial charge in [-0.2, -0.15) is 0 Å². The lowest BCUT2D eigenvalue weighted by atomic mass is 10.3. The van der Waals surface area contributed by atoms with Gasteiger partial charge in [0.2, 0.25) is 0 Å². The Labute approximate surface area is 166 Å². The highest BCUT2D eigenvalue weighted by molar-refractivity contribution is 5.86. The van der Waals surface area contributed by atoms with Crippen molar-refractivity contribution < 1.29 is 57.6 Å². The van der Waals surface area contributed by atoms with E-state index in [0.717, 1.165) is 27.7 Å². The molecule has 5 atom stereocenters. The molecule has 12 nitrogen and oxygen atoms in total. The maximum absolute atomic E-state index is 11.9. The average Bonchev–Trinajstić information content (AvgIpc) is 2.60. The van der Waals surface area contributed by atoms with Gasteiger partial charge in [0.05, 0.1) is 0 Å². The first kappa shape index (κ1) is 25.8. The van der Waals surface area contributed by atoms with Crippen LogP contribution in [0.15, 0.2) is 0 Å². The van der Waals surface area contributed by atoms with Crippen LogP contribution in [0.25, 0.3) is 0 Å². The van der Waals surface area contributed by atoms with Crippen LogP contribution in [0.4, 0.5) is 0 Å². The first-order valence-electron chi connectivity index (χ1n) is 8.48. The van der Waals surface area contributed by atoms with Crippen molar-refractivity contribution in [3.63, 3.8) is 0 Å². The van der Waals surface area contributed by atoms with Crippen molar-refractivity contribution in [1.82, 2.24) is 0 Å². The molecule has 0 aromatic carbocycles. The molecule has 0 saturated carbocycles. The van der Waals surface area contributed by atoms with E-state index < -0.39 is 66.3 Å². The van der Waals surface area contributed by atoms with Crippen LogP contribution in [0.2, 0.25) is 0 Å². The van der Waals surface area contributed by atoms with E-state index in [9.17, 15) is 28.8 Å². The lowest BCUT2D eigenvalue weighted by Crippen LogP contribution is -2.38. The zero-order chi connectivity index (χ0) is 22.9. The van der Waals surface area contributed by atoms with E-state index >= 15 is 0 Å². The number of carboxylic acids is 1. The fourth-order valence-electron chi connectivity index (χ4n) is 1.57. The molecule has 0 bridgehead atoms. The summed E-state index contributed by atoms with van der Waals surface area (Å²) in [5.74, 6) is -6.40. The van der Waals surface area contributed by atoms with Crippen molar-refractivity contribution >= 4 is 35.8 Å². The topological polar surface area (TPSA) is 169 Å². The predicted octanol–water partition coefficient (Wildman–Crippen LogP) is -0.251. The minimum Gasteiger partial charge on any atom is -0.479 e. The number of aliphatic carboxylic acids is 1. The van der Waals surface area contributed by atoms with E-state index in [4.69, 9.17) is 19.3 Å². The van der Waals surface area contributed by atoms with Gasteiger partial charge >= 0.3 is 35.8 Å². The van der Waals surface area contributed by atoms with Gasteiger partial charge in [-0.15, -0.1) is 0 Å². The quantitative estimate of drug-likeness (QED) is 0.364. The third-order valence-electron chi connectivity index (χ3n) is 3.19. The summed E-state index contributed by atoms with van der Waals surface area (Å²) >= 11 is 0. The van der Waals surface area contributed by atoms with Crippen LogP contribution >= 0.6 is 0 Å². The zero-order valence-corrected chi connectivity index (χ0v) is 16.8. The number of esters is 5. The molecular weight excluding hydrogens is 396 g/mol. The number of carboxylic acid groups (broad SMARTS) is 1. The van der Waals surface area contributed by atoms with Gasteiger partial charge < -0.3 is 28.8 Å². The summed E-state index contributed by atoms with van der Waals surface area (Å²) < 4.78 is 23.5. The lowest BCUT2D eigenvalue weighted by Gasteiger charge is -2.19. The Morgan fingerprint density at radius 3 is 1.00 bits per heavy atom. The second-order valence-electron chi connectivity index (χ2n) is 5.91. The molecule has 0 unspecified atom stereocenters. The van der Waals surface area contributed by atoms with Gasteiger partial charge in [-0.3, -0.25) is 4.79 Å². The first-order chi connectivity index (χ1) is 13.3. The van der Waals surface area contributed by atoms with Crippen molar-refractivity contribution in [1.29, 1.82) is 0 Å². The fraction of sp³-hybridized carbons (Fsp3) is 0.647. The Bertz CT molecular complexity index is 655. The molecule has 0 rings (SSSR count). The normalized spacial score (nSPS) is 15.5. The second kappa shape index (κ2) is 11.6. The molecule has 29 heavy (non-hydrogen) atoms. The van der Waals surface area contributed by atoms with E-state index in [1.165, 1.54) is 13.8 Å². The number of rotatable bonds is 10. The van der Waals surface area contributed by atoms with E-state index in [1.807, 2.05) is 0 Å². The first-order valence-corrected chi connectivity index (χ1v) is 8.48. The van der Waals surface area contributed by atoms with Gasteiger partial charge in [0.15, 0.2) is 30.5 Å². The molecular formula is C17H24O12. The Morgan fingerprint density at radius 1 is 0.517 bits per heavy atom. The zero-order valence-electron chi connectivity index (χ0n) is 16.8. The third kappa shape index (κ3) is 9.53. The fourth-order valence-corrected chi connectivity index (χ4v) is 1.57. The van der Waals surface area contributed by atoms with Crippen LogP contribution in [0.1, 0.15) is 41.5 Å². The number of carbonyl (C=O) groups excluding carboxylic acids is 5. The van der Waals surface area contributed by atoms with Gasteiger partial charge in [-0.1, -0.05) is 0 Å². The maximum Gasteiger partial charge on any atom is 0.347 e. The molecule has 0 aliphatic heterocycles. The molecule has 0 amide bonds. The summed E-state index contributed by atoms with van der Waals surface area (Å²) in [6.45, 7) is 6.91. The molecule has 12 heteroatoms. The molecule has 0 saturated heterocycles. The number of hydrogen-bond acceptors (Lipinski definition) is 11. The Morgan fingerprint density at radius 2 is 0.759 bits per heavy atom. The van der Waals surface area contributed by atoms with E-state index in [-0.39, 0.29) is 0 Å². The third-order valence-corrected chi connectivity index (χ3v) is 3.19. The van der Waals surface area contributed by atoms with Crippen LogP contribution in [0.5, 0.6) is 0 Å². The number of ether oxygens (including phenoxy) is 5. The standard InChI is InChI=1S/C17H24O12/c1-7(13(19)20)26-15(22)9(3)28-17(24)11(5)29-16(23)10(4)27-14(21)8(2)25-12(6)18/h7-11H,1-6H3,(H,19,20)/t7-,8+,9-,10-,11-/m1/s1. The SMILES string of the molecule is CC(=O)O[C@@H](C)C(=O)O[C@H](C)C(=O)O[C@H](C)C(=O)O[C@H](C)C(=O)O[C@H](C)C(=O)O. The van der Waals surface area contributed by atoms with E-state index in [0.29, 0.717) is 0 Å². The molecule has 0 aliphatic carbocycles. The van der Waals surface area contributed by atoms with Crippen LogP contribution in [0, 0.1) is 0 Å². The smallest absolute Gasteiger partial charge is 0.347 e. The summed E-state index contributed by atoms with van der Waals surface area (Å²) in [5, 5.41) is 8.67. The average molecular weight is 420 g/mol. The minimum absolute atomic E-state index is 0.716. The summed E-state index contributed by atoms with van der Waals surface area (Å²) in [5.41, 5.74) is 0. The Kier molecular flexibility index (Phi) is 10.3. The molecule has 0 aromatic heterocycles. The van der Waals surface area contributed by atoms with Crippen molar-refractivity contribution in [3.05, 3.63) is 0 Å². The minimum atomic E-state index is -1.47. The maximum atomic E-state index is 11.9. The van der Waals surface area contributed by atoms with Crippen LogP contribution in [-0.4, -0.2) is 71.4 Å². The molecule has 1 N–H and O–H groups in total. The molecule has 164 valence electrons. The van der Waals surface area contributed by atoms with Crippen molar-refractivity contribution in [2.45, 2.75) is 72.1 Å². The van der Waals surface area contributed by atoms with Gasteiger partial charge in [0.1, 0.15) is 0 Å². The predicted molar refractivity (Wildman–Crippen MR) is 91.1 cm³/mol. The Balaban J connectivity index is 4.60. The monoisotopic (exact) mass is 420 g/mol. The summed E-state index contributed by atoms with van der Waals surface area (Å²) in [6.07, 6.45) is -7.03. The van der Waals surface area contributed by atoms with Crippen LogP contribution < -0.4 is 0 Å². The molecule has 0 aliphatic rings. The molecule has 0 aromatic rings. The van der Waals surface area contributed by atoms with E-state index in [1.54, 1.807) is 0 Å². The highest BCUT2D eigenvalue weighted by Gasteiger charge is 2.30. The number of hydrogen-bond donors (Lipinski definition) is 1. The molecule has 0 heterocycles. The summed E-state index contributed by atoms with van der Waals surface area (Å²) in [7, 11) is 0. The van der Waals surface area contributed by atoms with E-state index in [2.05, 4.69) is 9.47 Å².